The summed E-state index contributed by atoms with van der Waals surface area (Å²) in [4.78, 5) is 21.2. The van der Waals surface area contributed by atoms with Gasteiger partial charge in [-0.2, -0.15) is 0 Å². The van der Waals surface area contributed by atoms with Crippen LogP contribution in [0.15, 0.2) is 58.4 Å². The second-order valence-electron chi connectivity index (χ2n) is 6.57. The first-order valence-corrected chi connectivity index (χ1v) is 10.8. The number of anilines is 1. The van der Waals surface area contributed by atoms with Gasteiger partial charge in [-0.15, -0.1) is 0 Å². The van der Waals surface area contributed by atoms with Gasteiger partial charge in [-0.05, 0) is 29.7 Å². The summed E-state index contributed by atoms with van der Waals surface area (Å²) in [5.41, 5.74) is 1.98. The second kappa shape index (κ2) is 8.44. The normalized spacial score (nSPS) is 11.4. The Balaban J connectivity index is 2.03. The largest absolute Gasteiger partial charge is 0.476 e. The molecule has 3 rings (SSSR count). The summed E-state index contributed by atoms with van der Waals surface area (Å²) in [5.74, 6) is -0.711. The average molecular weight is 415 g/mol. The lowest BCUT2D eigenvalue weighted by atomic mass is 10.1. The maximum atomic E-state index is 11.8. The van der Waals surface area contributed by atoms with E-state index in [1.165, 1.54) is 18.0 Å². The highest BCUT2D eigenvalue weighted by Gasteiger charge is 2.23. The third kappa shape index (κ3) is 5.00. The summed E-state index contributed by atoms with van der Waals surface area (Å²) in [6, 6.07) is 11.5. The molecule has 9 heteroatoms. The predicted molar refractivity (Wildman–Crippen MR) is 107 cm³/mol. The topological polar surface area (TPSA) is 114 Å². The minimum absolute atomic E-state index is 0.209. The number of hydrogen-bond donors (Lipinski definition) is 1. The maximum Gasteiger partial charge on any atom is 0.356 e. The van der Waals surface area contributed by atoms with Gasteiger partial charge in [0.1, 0.15) is 5.76 Å². The van der Waals surface area contributed by atoms with Crippen LogP contribution >= 0.6 is 0 Å². The lowest BCUT2D eigenvalue weighted by Gasteiger charge is -2.25. The number of carbonyl (C=O) groups is 1. The fraction of sp³-hybridized carbons (Fsp3) is 0.250. The number of rotatable bonds is 8. The van der Waals surface area contributed by atoms with Crippen LogP contribution in [0.25, 0.3) is 0 Å². The summed E-state index contributed by atoms with van der Waals surface area (Å²) in [6.45, 7) is 2.70. The Morgan fingerprint density at radius 2 is 1.83 bits per heavy atom. The van der Waals surface area contributed by atoms with Crippen LogP contribution in [0.2, 0.25) is 0 Å². The van der Waals surface area contributed by atoms with Crippen molar-refractivity contribution in [3.8, 4) is 0 Å². The quantitative estimate of drug-likeness (QED) is 0.559. The van der Waals surface area contributed by atoms with E-state index in [0.717, 1.165) is 18.2 Å². The minimum atomic E-state index is -3.74. The van der Waals surface area contributed by atoms with Crippen molar-refractivity contribution in [2.24, 2.45) is 0 Å². The third-order valence-corrected chi connectivity index (χ3v) is 5.21. The zero-order valence-corrected chi connectivity index (χ0v) is 16.9. The summed E-state index contributed by atoms with van der Waals surface area (Å²) in [7, 11) is -3.74. The van der Waals surface area contributed by atoms with E-state index >= 15 is 0 Å². The molecule has 152 valence electrons. The number of carboxylic acid groups (broad SMARTS) is 1. The standard InChI is InChI=1S/C20H21N3O5S/c1-3-14-6-8-15(9-7-14)12-23(13-16-5-4-10-28-16)17-11-21-20(29(2,26)27)22-18(17)19(24)25/h4-11H,3,12-13H2,1-2H3,(H,24,25). The Labute approximate surface area is 168 Å². The van der Waals surface area contributed by atoms with Gasteiger partial charge in [0.15, 0.2) is 5.69 Å². The first kappa shape index (κ1) is 20.5. The molecule has 0 bridgehead atoms. The van der Waals surface area contributed by atoms with E-state index in [1.807, 2.05) is 24.3 Å². The molecule has 8 nitrogen and oxygen atoms in total. The summed E-state index contributed by atoms with van der Waals surface area (Å²) >= 11 is 0. The van der Waals surface area contributed by atoms with Crippen LogP contribution in [0, 0.1) is 0 Å². The van der Waals surface area contributed by atoms with Crippen LogP contribution < -0.4 is 4.90 Å². The van der Waals surface area contributed by atoms with Gasteiger partial charge in [-0.3, -0.25) is 0 Å². The fourth-order valence-corrected chi connectivity index (χ4v) is 3.35. The fourth-order valence-electron chi connectivity index (χ4n) is 2.84. The molecule has 0 spiro atoms. The number of carboxylic acids is 1. The molecule has 0 saturated carbocycles. The van der Waals surface area contributed by atoms with E-state index in [1.54, 1.807) is 17.0 Å². The highest BCUT2D eigenvalue weighted by Crippen LogP contribution is 2.24. The lowest BCUT2D eigenvalue weighted by Crippen LogP contribution is -2.25. The number of sulfone groups is 1. The molecule has 0 fully saturated rings. The number of aromatic carboxylic acids is 1. The molecule has 0 aliphatic rings. The zero-order valence-electron chi connectivity index (χ0n) is 16.1. The third-order valence-electron chi connectivity index (χ3n) is 4.35. The molecule has 0 atom stereocenters. The predicted octanol–water partition coefficient (Wildman–Crippen LogP) is 2.94. The molecular formula is C20H21N3O5S. The first-order valence-electron chi connectivity index (χ1n) is 8.93. The van der Waals surface area contributed by atoms with E-state index in [9.17, 15) is 18.3 Å². The summed E-state index contributed by atoms with van der Waals surface area (Å²) < 4.78 is 28.9. The molecule has 1 N–H and O–H groups in total. The van der Waals surface area contributed by atoms with Crippen molar-refractivity contribution >= 4 is 21.5 Å². The molecule has 29 heavy (non-hydrogen) atoms. The van der Waals surface area contributed by atoms with Gasteiger partial charge in [-0.25, -0.2) is 23.2 Å². The van der Waals surface area contributed by atoms with Crippen LogP contribution in [0.5, 0.6) is 0 Å². The van der Waals surface area contributed by atoms with Crippen molar-refractivity contribution in [3.63, 3.8) is 0 Å². The Bertz CT molecular complexity index is 1090. The van der Waals surface area contributed by atoms with E-state index in [2.05, 4.69) is 16.9 Å². The highest BCUT2D eigenvalue weighted by atomic mass is 32.2. The van der Waals surface area contributed by atoms with Crippen molar-refractivity contribution in [1.82, 2.24) is 9.97 Å². The summed E-state index contributed by atoms with van der Waals surface area (Å²) in [6.07, 6.45) is 4.62. The van der Waals surface area contributed by atoms with Crippen molar-refractivity contribution in [2.75, 3.05) is 11.2 Å². The van der Waals surface area contributed by atoms with Gasteiger partial charge in [0, 0.05) is 12.8 Å². The Morgan fingerprint density at radius 3 is 2.38 bits per heavy atom. The molecule has 0 saturated heterocycles. The smallest absolute Gasteiger partial charge is 0.356 e. The first-order chi connectivity index (χ1) is 13.8. The maximum absolute atomic E-state index is 11.8. The highest BCUT2D eigenvalue weighted by molar-refractivity contribution is 7.90. The number of benzene rings is 1. The van der Waals surface area contributed by atoms with Crippen molar-refractivity contribution in [2.45, 2.75) is 31.6 Å². The molecular weight excluding hydrogens is 394 g/mol. The van der Waals surface area contributed by atoms with Crippen LogP contribution in [0.1, 0.15) is 34.3 Å². The van der Waals surface area contributed by atoms with Gasteiger partial charge >= 0.3 is 5.97 Å². The zero-order chi connectivity index (χ0) is 21.0. The molecule has 0 radical (unpaired) electrons. The number of hydrogen-bond acceptors (Lipinski definition) is 7. The number of furan rings is 1. The van der Waals surface area contributed by atoms with Crippen LogP contribution in [-0.4, -0.2) is 35.7 Å². The van der Waals surface area contributed by atoms with E-state index in [0.29, 0.717) is 12.3 Å². The Morgan fingerprint density at radius 1 is 1.14 bits per heavy atom. The van der Waals surface area contributed by atoms with Gasteiger partial charge < -0.3 is 14.4 Å². The Hall–Kier alpha value is -3.20. The second-order valence-corrected chi connectivity index (χ2v) is 8.48. The minimum Gasteiger partial charge on any atom is -0.476 e. The summed E-state index contributed by atoms with van der Waals surface area (Å²) in [5, 5.41) is 9.11. The molecule has 0 aliphatic carbocycles. The van der Waals surface area contributed by atoms with E-state index < -0.39 is 21.0 Å². The molecule has 0 amide bonds. The van der Waals surface area contributed by atoms with Crippen molar-refractivity contribution in [1.29, 1.82) is 0 Å². The molecule has 0 aliphatic heterocycles. The molecule has 1 aromatic carbocycles. The van der Waals surface area contributed by atoms with Crippen LogP contribution in [0.3, 0.4) is 0 Å². The number of nitrogens with zero attached hydrogens (tertiary/aromatic N) is 3. The van der Waals surface area contributed by atoms with E-state index in [4.69, 9.17) is 4.42 Å². The van der Waals surface area contributed by atoms with Gasteiger partial charge in [0.05, 0.1) is 24.7 Å². The van der Waals surface area contributed by atoms with Gasteiger partial charge in [-0.1, -0.05) is 31.2 Å². The van der Waals surface area contributed by atoms with Gasteiger partial charge in [0.2, 0.25) is 15.0 Å². The van der Waals surface area contributed by atoms with E-state index in [-0.39, 0.29) is 17.9 Å². The lowest BCUT2D eigenvalue weighted by molar-refractivity contribution is 0.0690. The van der Waals surface area contributed by atoms with Crippen molar-refractivity contribution < 1.29 is 22.7 Å². The number of aromatic nitrogens is 2. The molecule has 0 unspecified atom stereocenters. The SMILES string of the molecule is CCc1ccc(CN(Cc2ccco2)c2cnc(S(C)(=O)=O)nc2C(=O)O)cc1. The van der Waals surface area contributed by atoms with Gasteiger partial charge in [0.25, 0.3) is 0 Å². The molecule has 3 aromatic rings. The van der Waals surface area contributed by atoms with Crippen molar-refractivity contribution in [3.05, 3.63) is 71.4 Å². The van der Waals surface area contributed by atoms with Crippen LogP contribution in [0.4, 0.5) is 5.69 Å². The van der Waals surface area contributed by atoms with Crippen LogP contribution in [-0.2, 0) is 29.3 Å². The molecule has 2 aromatic heterocycles. The number of aryl methyl sites for hydroxylation is 1. The monoisotopic (exact) mass is 415 g/mol. The Kier molecular flexibility index (Phi) is 5.97. The average Bonchev–Trinajstić information content (AvgIpc) is 3.20. The molecule has 2 heterocycles.